The maximum absolute atomic E-state index is 12.8. The topological polar surface area (TPSA) is 78.9 Å². The zero-order chi connectivity index (χ0) is 45.1. The normalized spacial score (nSPS) is 12.2. The molecule has 0 saturated carbocycles. The summed E-state index contributed by atoms with van der Waals surface area (Å²) in [4.78, 5) is 38.0. The third kappa shape index (κ3) is 48.7. The molecule has 0 aliphatic rings. The van der Waals surface area contributed by atoms with Gasteiger partial charge in [0.25, 0.3) is 0 Å². The summed E-state index contributed by atoms with van der Waals surface area (Å²) in [6.45, 7) is 6.59. The van der Waals surface area contributed by atoms with Gasteiger partial charge < -0.3 is 14.2 Å². The van der Waals surface area contributed by atoms with Crippen molar-refractivity contribution in [1.29, 1.82) is 0 Å². The Labute approximate surface area is 385 Å². The Morgan fingerprint density at radius 1 is 0.323 bits per heavy atom. The van der Waals surface area contributed by atoms with Crippen molar-refractivity contribution in [2.75, 3.05) is 13.2 Å². The van der Waals surface area contributed by atoms with Crippen molar-refractivity contribution in [3.05, 3.63) is 36.5 Å². The Morgan fingerprint density at radius 2 is 0.597 bits per heavy atom. The highest BCUT2D eigenvalue weighted by Gasteiger charge is 2.19. The molecule has 0 aromatic rings. The molecular weight excluding hydrogens is 769 g/mol. The summed E-state index contributed by atoms with van der Waals surface area (Å²) >= 11 is 0. The van der Waals surface area contributed by atoms with Gasteiger partial charge in [-0.25, -0.2) is 0 Å². The predicted molar refractivity (Wildman–Crippen MR) is 266 cm³/mol. The van der Waals surface area contributed by atoms with Crippen LogP contribution in [0.25, 0.3) is 0 Å². The summed E-state index contributed by atoms with van der Waals surface area (Å²) in [6, 6.07) is 0. The lowest BCUT2D eigenvalue weighted by molar-refractivity contribution is -0.167. The molecular formula is C56H102O6. The van der Waals surface area contributed by atoms with Gasteiger partial charge in [-0.15, -0.1) is 0 Å². The average Bonchev–Trinajstić information content (AvgIpc) is 3.27. The molecule has 6 nitrogen and oxygen atoms in total. The number of carbonyl (C=O) groups excluding carboxylic acids is 3. The van der Waals surface area contributed by atoms with Crippen LogP contribution in [0, 0.1) is 0 Å². The van der Waals surface area contributed by atoms with Crippen molar-refractivity contribution >= 4 is 17.9 Å². The zero-order valence-electron chi connectivity index (χ0n) is 41.4. The minimum atomic E-state index is -0.779. The molecule has 0 rings (SSSR count). The van der Waals surface area contributed by atoms with Crippen molar-refractivity contribution in [3.63, 3.8) is 0 Å². The van der Waals surface area contributed by atoms with Gasteiger partial charge in [0.2, 0.25) is 0 Å². The van der Waals surface area contributed by atoms with E-state index in [2.05, 4.69) is 57.2 Å². The lowest BCUT2D eigenvalue weighted by atomic mass is 10.0. The Balaban J connectivity index is 4.35. The number of allylic oxidation sites excluding steroid dienone is 6. The SMILES string of the molecule is CCCC/C=C\C/C=C\CCCCCCCC(=O)OC(COC(=O)CCCCCCC/C=C\CCCCCC)COC(=O)CCCCCCCCCCCCCCCCCCC. The molecule has 0 aromatic heterocycles. The summed E-state index contributed by atoms with van der Waals surface area (Å²) in [5.41, 5.74) is 0. The first kappa shape index (κ1) is 59.6. The molecule has 1 unspecified atom stereocenters. The van der Waals surface area contributed by atoms with Crippen molar-refractivity contribution in [2.24, 2.45) is 0 Å². The van der Waals surface area contributed by atoms with E-state index in [4.69, 9.17) is 14.2 Å². The Bertz CT molecular complexity index is 1050. The van der Waals surface area contributed by atoms with E-state index in [0.717, 1.165) is 89.9 Å². The molecule has 0 radical (unpaired) electrons. The summed E-state index contributed by atoms with van der Waals surface area (Å²) in [7, 11) is 0. The highest BCUT2D eigenvalue weighted by molar-refractivity contribution is 5.71. The van der Waals surface area contributed by atoms with E-state index in [0.29, 0.717) is 19.3 Å². The second kappa shape index (κ2) is 51.3. The molecule has 362 valence electrons. The van der Waals surface area contributed by atoms with Crippen molar-refractivity contribution in [1.82, 2.24) is 0 Å². The largest absolute Gasteiger partial charge is 0.462 e. The standard InChI is InChI=1S/C56H102O6/c1-4-7-10-13-16-19-22-25-27-28-29-32-34-37-40-43-46-49-55(58)61-52-53(51-60-54(57)48-45-42-39-36-33-30-24-21-18-15-12-9-6-3)62-56(59)50-47-44-41-38-35-31-26-23-20-17-14-11-8-5-2/h14,17,21,23-24,26,53H,4-13,15-16,18-20,22,25,27-52H2,1-3H3/b17-14-,24-21-,26-23-. The minimum absolute atomic E-state index is 0.0773. The highest BCUT2D eigenvalue weighted by Crippen LogP contribution is 2.16. The van der Waals surface area contributed by atoms with Crippen LogP contribution in [0.15, 0.2) is 36.5 Å². The fourth-order valence-electron chi connectivity index (χ4n) is 7.75. The zero-order valence-corrected chi connectivity index (χ0v) is 41.4. The molecule has 0 aliphatic heterocycles. The van der Waals surface area contributed by atoms with Crippen LogP contribution in [0.5, 0.6) is 0 Å². The van der Waals surface area contributed by atoms with Crippen LogP contribution in [0.4, 0.5) is 0 Å². The summed E-state index contributed by atoms with van der Waals surface area (Å²) in [5, 5.41) is 0. The van der Waals surface area contributed by atoms with E-state index < -0.39 is 6.10 Å². The van der Waals surface area contributed by atoms with E-state index >= 15 is 0 Å². The lowest BCUT2D eigenvalue weighted by Crippen LogP contribution is -2.30. The maximum Gasteiger partial charge on any atom is 0.306 e. The van der Waals surface area contributed by atoms with Crippen molar-refractivity contribution < 1.29 is 28.6 Å². The minimum Gasteiger partial charge on any atom is -0.462 e. The quantitative estimate of drug-likeness (QED) is 0.0262. The summed E-state index contributed by atoms with van der Waals surface area (Å²) in [5.74, 6) is -0.888. The van der Waals surface area contributed by atoms with Gasteiger partial charge in [0.15, 0.2) is 6.10 Å². The number of rotatable bonds is 49. The molecule has 0 heterocycles. The fraction of sp³-hybridized carbons (Fsp3) is 0.839. The van der Waals surface area contributed by atoms with Gasteiger partial charge in [-0.3, -0.25) is 14.4 Å². The van der Waals surface area contributed by atoms with Gasteiger partial charge in [-0.1, -0.05) is 231 Å². The highest BCUT2D eigenvalue weighted by atomic mass is 16.6. The van der Waals surface area contributed by atoms with Crippen LogP contribution in [0.1, 0.15) is 284 Å². The Kier molecular flexibility index (Phi) is 49.3. The van der Waals surface area contributed by atoms with Crippen LogP contribution < -0.4 is 0 Å². The second-order valence-corrected chi connectivity index (χ2v) is 18.1. The Hall–Kier alpha value is -2.37. The van der Waals surface area contributed by atoms with Gasteiger partial charge >= 0.3 is 17.9 Å². The summed E-state index contributed by atoms with van der Waals surface area (Å²) in [6.07, 6.45) is 59.8. The van der Waals surface area contributed by atoms with Gasteiger partial charge in [0, 0.05) is 19.3 Å². The molecule has 0 saturated heterocycles. The van der Waals surface area contributed by atoms with Crippen molar-refractivity contribution in [2.45, 2.75) is 290 Å². The number of unbranched alkanes of at least 4 members (excludes halogenated alkanes) is 32. The predicted octanol–water partition coefficient (Wildman–Crippen LogP) is 17.7. The van der Waals surface area contributed by atoms with E-state index in [-0.39, 0.29) is 31.1 Å². The molecule has 0 fully saturated rings. The van der Waals surface area contributed by atoms with E-state index in [1.54, 1.807) is 0 Å². The first-order valence-corrected chi connectivity index (χ1v) is 27.0. The second-order valence-electron chi connectivity index (χ2n) is 18.1. The molecule has 0 bridgehead atoms. The maximum atomic E-state index is 12.8. The van der Waals surface area contributed by atoms with Crippen LogP contribution >= 0.6 is 0 Å². The lowest BCUT2D eigenvalue weighted by Gasteiger charge is -2.18. The third-order valence-corrected chi connectivity index (χ3v) is 11.9. The number of esters is 3. The number of carbonyl (C=O) groups is 3. The Morgan fingerprint density at radius 3 is 0.968 bits per heavy atom. The molecule has 1 atom stereocenters. The monoisotopic (exact) mass is 871 g/mol. The molecule has 62 heavy (non-hydrogen) atoms. The van der Waals surface area contributed by atoms with Gasteiger partial charge in [-0.05, 0) is 70.6 Å². The average molecular weight is 871 g/mol. The van der Waals surface area contributed by atoms with E-state index in [9.17, 15) is 14.4 Å². The molecule has 0 aliphatic carbocycles. The first-order valence-electron chi connectivity index (χ1n) is 27.0. The number of hydrogen-bond acceptors (Lipinski definition) is 6. The molecule has 0 aromatic carbocycles. The van der Waals surface area contributed by atoms with Crippen LogP contribution in [-0.4, -0.2) is 37.2 Å². The van der Waals surface area contributed by atoms with Gasteiger partial charge in [-0.2, -0.15) is 0 Å². The van der Waals surface area contributed by atoms with Gasteiger partial charge in [0.1, 0.15) is 13.2 Å². The smallest absolute Gasteiger partial charge is 0.306 e. The number of hydrogen-bond donors (Lipinski definition) is 0. The molecule has 0 spiro atoms. The van der Waals surface area contributed by atoms with Crippen LogP contribution in [0.2, 0.25) is 0 Å². The van der Waals surface area contributed by atoms with E-state index in [1.807, 2.05) is 0 Å². The fourth-order valence-corrected chi connectivity index (χ4v) is 7.75. The van der Waals surface area contributed by atoms with Gasteiger partial charge in [0.05, 0.1) is 0 Å². The third-order valence-electron chi connectivity index (χ3n) is 11.9. The molecule has 6 heteroatoms. The molecule has 0 amide bonds. The van der Waals surface area contributed by atoms with E-state index in [1.165, 1.54) is 154 Å². The first-order chi connectivity index (χ1) is 30.5. The van der Waals surface area contributed by atoms with Crippen LogP contribution in [-0.2, 0) is 28.6 Å². The van der Waals surface area contributed by atoms with Crippen LogP contribution in [0.3, 0.4) is 0 Å². The van der Waals surface area contributed by atoms with Crippen molar-refractivity contribution in [3.8, 4) is 0 Å². The molecule has 0 N–H and O–H groups in total. The number of ether oxygens (including phenoxy) is 3. The summed E-state index contributed by atoms with van der Waals surface area (Å²) < 4.78 is 16.8.